The van der Waals surface area contributed by atoms with Gasteiger partial charge in [-0.25, -0.2) is 0 Å². The molecule has 2 aromatic rings. The molecule has 20 heavy (non-hydrogen) atoms. The van der Waals surface area contributed by atoms with Crippen molar-refractivity contribution in [1.82, 2.24) is 10.2 Å². The number of benzene rings is 1. The van der Waals surface area contributed by atoms with Crippen molar-refractivity contribution < 1.29 is 0 Å². The Morgan fingerprint density at radius 1 is 1.25 bits per heavy atom. The van der Waals surface area contributed by atoms with Gasteiger partial charge in [0.2, 0.25) is 0 Å². The van der Waals surface area contributed by atoms with Gasteiger partial charge in [0.05, 0.1) is 17.4 Å². The molecule has 0 amide bonds. The molecule has 1 fully saturated rings. The molecule has 1 saturated carbocycles. The van der Waals surface area contributed by atoms with E-state index < -0.39 is 0 Å². The summed E-state index contributed by atoms with van der Waals surface area (Å²) >= 11 is 0. The molecule has 4 heteroatoms. The van der Waals surface area contributed by atoms with E-state index in [1.54, 1.807) is 0 Å². The first-order valence-corrected chi connectivity index (χ1v) is 7.44. The zero-order valence-electron chi connectivity index (χ0n) is 12.0. The molecule has 0 aliphatic heterocycles. The maximum absolute atomic E-state index is 5.97. The van der Waals surface area contributed by atoms with E-state index in [4.69, 9.17) is 5.73 Å². The summed E-state index contributed by atoms with van der Waals surface area (Å²) in [6.45, 7) is 0.769. The van der Waals surface area contributed by atoms with Crippen LogP contribution in [0.3, 0.4) is 0 Å². The molecular formula is C16H22N4. The third-order valence-electron chi connectivity index (χ3n) is 4.57. The summed E-state index contributed by atoms with van der Waals surface area (Å²) in [4.78, 5) is 2.37. The Labute approximate surface area is 120 Å². The molecule has 0 spiro atoms. The van der Waals surface area contributed by atoms with Crippen LogP contribution in [0.1, 0.15) is 25.7 Å². The largest absolute Gasteiger partial charge is 0.369 e. The fourth-order valence-corrected chi connectivity index (χ4v) is 3.43. The van der Waals surface area contributed by atoms with Gasteiger partial charge in [0.1, 0.15) is 0 Å². The van der Waals surface area contributed by atoms with Crippen LogP contribution in [0.25, 0.3) is 10.9 Å². The van der Waals surface area contributed by atoms with Crippen molar-refractivity contribution in [3.63, 3.8) is 0 Å². The first-order chi connectivity index (χ1) is 9.81. The maximum Gasteiger partial charge on any atom is 0.0950 e. The highest BCUT2D eigenvalue weighted by molar-refractivity contribution is 5.90. The highest BCUT2D eigenvalue weighted by Crippen LogP contribution is 2.32. The topological polar surface area (TPSA) is 55.0 Å². The molecule has 1 aliphatic carbocycles. The zero-order chi connectivity index (χ0) is 13.9. The molecule has 1 aliphatic rings. The standard InChI is InChI=1S/C16H22N4/c1-20(15-9-5-2-6-12(15)10-17)16-11-18-19-14-8-4-3-7-13(14)16/h3-4,7-8,11-12,15H,2,5-6,9-10,17H2,1H3. The van der Waals surface area contributed by atoms with Crippen molar-refractivity contribution in [2.45, 2.75) is 31.7 Å². The van der Waals surface area contributed by atoms with Crippen LogP contribution in [0, 0.1) is 5.92 Å². The van der Waals surface area contributed by atoms with E-state index in [1.165, 1.54) is 36.8 Å². The minimum Gasteiger partial charge on any atom is -0.369 e. The van der Waals surface area contributed by atoms with Gasteiger partial charge < -0.3 is 10.6 Å². The Morgan fingerprint density at radius 2 is 2.05 bits per heavy atom. The highest BCUT2D eigenvalue weighted by Gasteiger charge is 2.28. The van der Waals surface area contributed by atoms with E-state index in [0.717, 1.165) is 12.1 Å². The van der Waals surface area contributed by atoms with Gasteiger partial charge in [-0.2, -0.15) is 10.2 Å². The van der Waals surface area contributed by atoms with Gasteiger partial charge in [0.15, 0.2) is 0 Å². The van der Waals surface area contributed by atoms with Gasteiger partial charge in [0, 0.05) is 18.5 Å². The Bertz CT molecular complexity index is 578. The second-order valence-corrected chi connectivity index (χ2v) is 5.71. The lowest BCUT2D eigenvalue weighted by molar-refractivity contribution is 0.306. The highest BCUT2D eigenvalue weighted by atomic mass is 15.2. The smallest absolute Gasteiger partial charge is 0.0950 e. The van der Waals surface area contributed by atoms with E-state index in [-0.39, 0.29) is 0 Å². The van der Waals surface area contributed by atoms with Crippen LogP contribution in [-0.2, 0) is 0 Å². The predicted octanol–water partition coefficient (Wildman–Crippen LogP) is 2.58. The molecule has 2 atom stereocenters. The van der Waals surface area contributed by atoms with Crippen LogP contribution in [0.15, 0.2) is 30.5 Å². The number of fused-ring (bicyclic) bond motifs is 1. The van der Waals surface area contributed by atoms with Crippen LogP contribution >= 0.6 is 0 Å². The first-order valence-electron chi connectivity index (χ1n) is 7.44. The van der Waals surface area contributed by atoms with Crippen molar-refractivity contribution >= 4 is 16.6 Å². The van der Waals surface area contributed by atoms with Crippen LogP contribution in [0.4, 0.5) is 5.69 Å². The molecule has 0 radical (unpaired) electrons. The first kappa shape index (κ1) is 13.3. The lowest BCUT2D eigenvalue weighted by atomic mass is 9.83. The van der Waals surface area contributed by atoms with Gasteiger partial charge in [0.25, 0.3) is 0 Å². The molecule has 1 heterocycles. The molecule has 1 aromatic heterocycles. The van der Waals surface area contributed by atoms with E-state index >= 15 is 0 Å². The third kappa shape index (κ3) is 2.36. The Kier molecular flexibility index (Phi) is 3.83. The van der Waals surface area contributed by atoms with Crippen molar-refractivity contribution in [2.75, 3.05) is 18.5 Å². The number of nitrogens with zero attached hydrogens (tertiary/aromatic N) is 3. The molecular weight excluding hydrogens is 248 g/mol. The van der Waals surface area contributed by atoms with Crippen LogP contribution < -0.4 is 10.6 Å². The number of rotatable bonds is 3. The summed E-state index contributed by atoms with van der Waals surface area (Å²) in [6.07, 6.45) is 6.94. The van der Waals surface area contributed by atoms with Gasteiger partial charge in [-0.3, -0.25) is 0 Å². The van der Waals surface area contributed by atoms with Crippen LogP contribution in [0.2, 0.25) is 0 Å². The molecule has 2 N–H and O–H groups in total. The maximum atomic E-state index is 5.97. The summed E-state index contributed by atoms with van der Waals surface area (Å²) < 4.78 is 0. The molecule has 3 rings (SSSR count). The predicted molar refractivity (Wildman–Crippen MR) is 82.7 cm³/mol. The quantitative estimate of drug-likeness (QED) is 0.931. The van der Waals surface area contributed by atoms with E-state index in [2.05, 4.69) is 34.3 Å². The second kappa shape index (κ2) is 5.75. The van der Waals surface area contributed by atoms with Gasteiger partial charge in [-0.05, 0) is 31.4 Å². The van der Waals surface area contributed by atoms with Crippen molar-refractivity contribution in [3.05, 3.63) is 30.5 Å². The Morgan fingerprint density at radius 3 is 2.90 bits per heavy atom. The normalized spacial score (nSPS) is 22.9. The lowest BCUT2D eigenvalue weighted by Gasteiger charge is -2.39. The average Bonchev–Trinajstić information content (AvgIpc) is 2.53. The van der Waals surface area contributed by atoms with Gasteiger partial charge in [-0.1, -0.05) is 31.0 Å². The molecule has 4 nitrogen and oxygen atoms in total. The lowest BCUT2D eigenvalue weighted by Crippen LogP contribution is -2.43. The summed E-state index contributed by atoms with van der Waals surface area (Å²) in [5, 5.41) is 9.54. The number of nitrogens with two attached hydrogens (primary N) is 1. The molecule has 1 aromatic carbocycles. The number of aromatic nitrogens is 2. The van der Waals surface area contributed by atoms with E-state index in [0.29, 0.717) is 12.0 Å². The summed E-state index contributed by atoms with van der Waals surface area (Å²) in [5.74, 6) is 0.584. The van der Waals surface area contributed by atoms with Gasteiger partial charge in [-0.15, -0.1) is 0 Å². The van der Waals surface area contributed by atoms with Gasteiger partial charge >= 0.3 is 0 Å². The monoisotopic (exact) mass is 270 g/mol. The molecule has 2 unspecified atom stereocenters. The minimum atomic E-state index is 0.515. The fraction of sp³-hybridized carbons (Fsp3) is 0.500. The number of anilines is 1. The van der Waals surface area contributed by atoms with Crippen molar-refractivity contribution in [2.24, 2.45) is 11.7 Å². The minimum absolute atomic E-state index is 0.515. The van der Waals surface area contributed by atoms with Crippen LogP contribution in [-0.4, -0.2) is 29.8 Å². The molecule has 0 bridgehead atoms. The number of hydrogen-bond acceptors (Lipinski definition) is 4. The second-order valence-electron chi connectivity index (χ2n) is 5.71. The Balaban J connectivity index is 1.97. The molecule has 0 saturated heterocycles. The third-order valence-corrected chi connectivity index (χ3v) is 4.57. The summed E-state index contributed by atoms with van der Waals surface area (Å²) in [7, 11) is 2.17. The SMILES string of the molecule is CN(c1cnnc2ccccc12)C1CCCCC1CN. The number of hydrogen-bond donors (Lipinski definition) is 1. The Hall–Kier alpha value is -1.68. The fourth-order valence-electron chi connectivity index (χ4n) is 3.43. The zero-order valence-corrected chi connectivity index (χ0v) is 12.0. The molecule has 106 valence electrons. The summed E-state index contributed by atoms with van der Waals surface area (Å²) in [5.41, 5.74) is 8.09. The van der Waals surface area contributed by atoms with Crippen molar-refractivity contribution in [1.29, 1.82) is 0 Å². The van der Waals surface area contributed by atoms with E-state index in [9.17, 15) is 0 Å². The summed E-state index contributed by atoms with van der Waals surface area (Å²) in [6, 6.07) is 8.71. The average molecular weight is 270 g/mol. The van der Waals surface area contributed by atoms with E-state index in [1.807, 2.05) is 18.3 Å². The van der Waals surface area contributed by atoms with Crippen molar-refractivity contribution in [3.8, 4) is 0 Å². The van der Waals surface area contributed by atoms with Crippen LogP contribution in [0.5, 0.6) is 0 Å².